The van der Waals surface area contributed by atoms with E-state index >= 15 is 0 Å². The van der Waals surface area contributed by atoms with Gasteiger partial charge in [-0.3, -0.25) is 4.79 Å². The number of carbonyl (C=O) groups excluding carboxylic acids is 1. The van der Waals surface area contributed by atoms with Crippen LogP contribution in [0.5, 0.6) is 0 Å². The van der Waals surface area contributed by atoms with Crippen LogP contribution in [0, 0.1) is 5.92 Å². The molecule has 0 saturated carbocycles. The van der Waals surface area contributed by atoms with Crippen LogP contribution in [0.25, 0.3) is 0 Å². The number of carbonyl (C=O) groups is 1. The lowest BCUT2D eigenvalue weighted by Gasteiger charge is -2.39. The van der Waals surface area contributed by atoms with Gasteiger partial charge in [-0.2, -0.15) is 4.31 Å². The summed E-state index contributed by atoms with van der Waals surface area (Å²) in [6.45, 7) is 5.09. The number of amides is 1. The molecule has 2 atom stereocenters. The van der Waals surface area contributed by atoms with Crippen LogP contribution in [0.3, 0.4) is 0 Å². The monoisotopic (exact) mass is 351 g/mol. The molecule has 0 spiro atoms. The van der Waals surface area contributed by atoms with Crippen molar-refractivity contribution in [1.82, 2.24) is 14.5 Å². The third-order valence-electron chi connectivity index (χ3n) is 4.90. The molecule has 1 N–H and O–H groups in total. The maximum atomic E-state index is 12.8. The van der Waals surface area contributed by atoms with Gasteiger partial charge < -0.3 is 10.2 Å². The molecule has 3 rings (SSSR count). The fraction of sp³-hybridized carbons (Fsp3) is 0.588. The summed E-state index contributed by atoms with van der Waals surface area (Å²) in [6, 6.07) is 8.63. The zero-order chi connectivity index (χ0) is 17.2. The second kappa shape index (κ2) is 7.21. The number of nitrogens with one attached hydrogen (secondary N) is 1. The van der Waals surface area contributed by atoms with Gasteiger partial charge in [0.2, 0.25) is 15.9 Å². The molecule has 2 heterocycles. The number of benzene rings is 1. The van der Waals surface area contributed by atoms with Gasteiger partial charge >= 0.3 is 0 Å². The molecule has 0 aliphatic carbocycles. The molecule has 6 nitrogen and oxygen atoms in total. The van der Waals surface area contributed by atoms with Gasteiger partial charge in [0, 0.05) is 38.8 Å². The van der Waals surface area contributed by atoms with Gasteiger partial charge in [-0.15, -0.1) is 0 Å². The van der Waals surface area contributed by atoms with Crippen LogP contribution in [0.15, 0.2) is 35.2 Å². The van der Waals surface area contributed by atoms with Crippen LogP contribution < -0.4 is 5.32 Å². The molecule has 2 saturated heterocycles. The Morgan fingerprint density at radius 2 is 1.96 bits per heavy atom. The molecule has 0 radical (unpaired) electrons. The van der Waals surface area contributed by atoms with E-state index in [0.29, 0.717) is 18.0 Å². The topological polar surface area (TPSA) is 69.7 Å². The zero-order valence-corrected chi connectivity index (χ0v) is 14.8. The Kier molecular flexibility index (Phi) is 5.22. The minimum Gasteiger partial charge on any atom is -0.337 e. The van der Waals surface area contributed by atoms with Crippen LogP contribution >= 0.6 is 0 Å². The molecule has 2 unspecified atom stereocenters. The van der Waals surface area contributed by atoms with Crippen LogP contribution in [0.2, 0.25) is 0 Å². The highest BCUT2D eigenvalue weighted by Gasteiger charge is 2.36. The first-order valence-corrected chi connectivity index (χ1v) is 10.0. The maximum Gasteiger partial charge on any atom is 0.243 e. The Labute approximate surface area is 143 Å². The molecule has 1 aromatic carbocycles. The van der Waals surface area contributed by atoms with E-state index in [9.17, 15) is 13.2 Å². The normalized spacial score (nSPS) is 26.3. The standard InChI is InChI=1S/C17H25N3O3S/c1-14-12-18-9-11-20(14)17(21)15-6-5-10-19(13-15)24(22,23)16-7-3-2-4-8-16/h2-4,7-8,14-15,18H,5-6,9-13H2,1H3. The van der Waals surface area contributed by atoms with Crippen LogP contribution in [-0.2, 0) is 14.8 Å². The average Bonchev–Trinajstić information content (AvgIpc) is 2.62. The van der Waals surface area contributed by atoms with Gasteiger partial charge in [0.25, 0.3) is 0 Å². The van der Waals surface area contributed by atoms with E-state index < -0.39 is 10.0 Å². The summed E-state index contributed by atoms with van der Waals surface area (Å²) in [4.78, 5) is 15.1. The van der Waals surface area contributed by atoms with Crippen molar-refractivity contribution in [2.75, 3.05) is 32.7 Å². The predicted octanol–water partition coefficient (Wildman–Crippen LogP) is 0.908. The van der Waals surface area contributed by atoms with E-state index in [1.54, 1.807) is 30.3 Å². The first-order chi connectivity index (χ1) is 11.5. The molecular weight excluding hydrogens is 326 g/mol. The number of nitrogens with zero attached hydrogens (tertiary/aromatic N) is 2. The summed E-state index contributed by atoms with van der Waals surface area (Å²) in [5, 5.41) is 3.28. The number of hydrogen-bond donors (Lipinski definition) is 1. The Hall–Kier alpha value is -1.44. The molecule has 0 bridgehead atoms. The number of hydrogen-bond acceptors (Lipinski definition) is 4. The lowest BCUT2D eigenvalue weighted by molar-refractivity contribution is -0.139. The lowest BCUT2D eigenvalue weighted by Crippen LogP contribution is -2.55. The van der Waals surface area contributed by atoms with Crippen molar-refractivity contribution in [2.24, 2.45) is 5.92 Å². The van der Waals surface area contributed by atoms with E-state index in [1.807, 2.05) is 11.8 Å². The van der Waals surface area contributed by atoms with Crippen molar-refractivity contribution < 1.29 is 13.2 Å². The smallest absolute Gasteiger partial charge is 0.243 e. The summed E-state index contributed by atoms with van der Waals surface area (Å²) in [7, 11) is -3.52. The van der Waals surface area contributed by atoms with Crippen LogP contribution in [0.1, 0.15) is 19.8 Å². The Morgan fingerprint density at radius 3 is 2.67 bits per heavy atom. The Balaban J connectivity index is 1.73. The lowest BCUT2D eigenvalue weighted by atomic mass is 9.97. The summed E-state index contributed by atoms with van der Waals surface area (Å²) in [6.07, 6.45) is 1.49. The van der Waals surface area contributed by atoms with Crippen molar-refractivity contribution >= 4 is 15.9 Å². The minimum atomic E-state index is -3.52. The van der Waals surface area contributed by atoms with Gasteiger partial charge in [0.1, 0.15) is 0 Å². The molecule has 1 amide bonds. The molecular formula is C17H25N3O3S. The average molecular weight is 351 g/mol. The van der Waals surface area contributed by atoms with Crippen molar-refractivity contribution in [3.8, 4) is 0 Å². The van der Waals surface area contributed by atoms with E-state index in [1.165, 1.54) is 4.31 Å². The molecule has 2 fully saturated rings. The largest absolute Gasteiger partial charge is 0.337 e. The predicted molar refractivity (Wildman–Crippen MR) is 92.0 cm³/mol. The van der Waals surface area contributed by atoms with E-state index in [-0.39, 0.29) is 24.4 Å². The molecule has 1 aromatic rings. The SMILES string of the molecule is CC1CNCCN1C(=O)C1CCCN(S(=O)(=O)c2ccccc2)C1. The Bertz CT molecular complexity index is 678. The number of sulfonamides is 1. The third kappa shape index (κ3) is 3.48. The summed E-state index contributed by atoms with van der Waals surface area (Å²) >= 11 is 0. The second-order valence-electron chi connectivity index (χ2n) is 6.60. The summed E-state index contributed by atoms with van der Waals surface area (Å²) < 4.78 is 27.0. The molecule has 2 aliphatic rings. The quantitative estimate of drug-likeness (QED) is 0.879. The third-order valence-corrected chi connectivity index (χ3v) is 6.78. The van der Waals surface area contributed by atoms with Crippen LogP contribution in [-0.4, -0.2) is 62.3 Å². The van der Waals surface area contributed by atoms with Gasteiger partial charge in [-0.05, 0) is 31.9 Å². The van der Waals surface area contributed by atoms with Crippen molar-refractivity contribution in [3.05, 3.63) is 30.3 Å². The number of piperazine rings is 1. The van der Waals surface area contributed by atoms with Gasteiger partial charge in [0.15, 0.2) is 0 Å². The highest BCUT2D eigenvalue weighted by Crippen LogP contribution is 2.25. The fourth-order valence-corrected chi connectivity index (χ4v) is 5.05. The maximum absolute atomic E-state index is 12.8. The van der Waals surface area contributed by atoms with E-state index in [4.69, 9.17) is 0 Å². The fourth-order valence-electron chi connectivity index (χ4n) is 3.51. The van der Waals surface area contributed by atoms with Crippen molar-refractivity contribution in [1.29, 1.82) is 0 Å². The first-order valence-electron chi connectivity index (χ1n) is 8.56. The second-order valence-corrected chi connectivity index (χ2v) is 8.54. The molecule has 24 heavy (non-hydrogen) atoms. The minimum absolute atomic E-state index is 0.0944. The van der Waals surface area contributed by atoms with Crippen LogP contribution in [0.4, 0.5) is 0 Å². The van der Waals surface area contributed by atoms with E-state index in [0.717, 1.165) is 25.9 Å². The highest BCUT2D eigenvalue weighted by molar-refractivity contribution is 7.89. The number of piperidine rings is 1. The molecule has 0 aromatic heterocycles. The molecule has 7 heteroatoms. The zero-order valence-electron chi connectivity index (χ0n) is 14.0. The van der Waals surface area contributed by atoms with Crippen molar-refractivity contribution in [2.45, 2.75) is 30.7 Å². The molecule has 2 aliphatic heterocycles. The van der Waals surface area contributed by atoms with E-state index in [2.05, 4.69) is 5.32 Å². The van der Waals surface area contributed by atoms with Gasteiger partial charge in [0.05, 0.1) is 10.8 Å². The van der Waals surface area contributed by atoms with Gasteiger partial charge in [-0.1, -0.05) is 18.2 Å². The Morgan fingerprint density at radius 1 is 1.21 bits per heavy atom. The number of rotatable bonds is 3. The summed E-state index contributed by atoms with van der Waals surface area (Å²) in [5.41, 5.74) is 0. The van der Waals surface area contributed by atoms with Gasteiger partial charge in [-0.25, -0.2) is 8.42 Å². The van der Waals surface area contributed by atoms with Crippen molar-refractivity contribution in [3.63, 3.8) is 0 Å². The summed E-state index contributed by atoms with van der Waals surface area (Å²) in [5.74, 6) is -0.144. The molecule has 132 valence electrons. The first kappa shape index (κ1) is 17.4. The highest BCUT2D eigenvalue weighted by atomic mass is 32.2.